The normalized spacial score (nSPS) is 11.3. The number of hydrogen-bond acceptors (Lipinski definition) is 2. The van der Waals surface area contributed by atoms with Crippen molar-refractivity contribution in [1.29, 1.82) is 0 Å². The monoisotopic (exact) mass is 250 g/mol. The van der Waals surface area contributed by atoms with Crippen LogP contribution in [0.3, 0.4) is 0 Å². The second kappa shape index (κ2) is 6.55. The molecule has 2 nitrogen and oxygen atoms in total. The molecule has 0 atom stereocenters. The molecule has 2 rings (SSSR count). The minimum Gasteiger partial charge on any atom is -0.361 e. The van der Waals surface area contributed by atoms with Gasteiger partial charge in [-0.1, -0.05) is 36.4 Å². The van der Waals surface area contributed by atoms with E-state index in [1.54, 1.807) is 6.21 Å². The Labute approximate surface area is 114 Å². The molecule has 2 aromatic carbocycles. The molecule has 0 aromatic heterocycles. The molecule has 2 aromatic rings. The Bertz CT molecular complexity index is 598. The van der Waals surface area contributed by atoms with Crippen LogP contribution in [0.4, 0.5) is 11.4 Å². The molecule has 0 unspecified atom stereocenters. The smallest absolute Gasteiger partial charge is 0.0658 e. The summed E-state index contributed by atoms with van der Waals surface area (Å²) in [5, 5.41) is 3.24. The molecule has 0 aliphatic rings. The van der Waals surface area contributed by atoms with Gasteiger partial charge < -0.3 is 5.32 Å². The van der Waals surface area contributed by atoms with E-state index in [-0.39, 0.29) is 0 Å². The van der Waals surface area contributed by atoms with E-state index in [0.29, 0.717) is 0 Å². The lowest BCUT2D eigenvalue weighted by molar-refractivity contribution is 1.41. The van der Waals surface area contributed by atoms with Crippen LogP contribution in [0.15, 0.2) is 65.8 Å². The van der Waals surface area contributed by atoms with Crippen molar-refractivity contribution in [2.75, 3.05) is 5.32 Å². The third-order valence-electron chi connectivity index (χ3n) is 2.90. The van der Waals surface area contributed by atoms with E-state index in [4.69, 9.17) is 0 Å². The van der Waals surface area contributed by atoms with Crippen LogP contribution < -0.4 is 5.32 Å². The fourth-order valence-electron chi connectivity index (χ4n) is 1.75. The van der Waals surface area contributed by atoms with Crippen molar-refractivity contribution >= 4 is 17.6 Å². The molecule has 0 bridgehead atoms. The molecular formula is C17H18N2. The van der Waals surface area contributed by atoms with Crippen molar-refractivity contribution in [3.8, 4) is 0 Å². The molecule has 0 saturated heterocycles. The van der Waals surface area contributed by atoms with Crippen LogP contribution >= 0.6 is 0 Å². The van der Waals surface area contributed by atoms with E-state index in [1.165, 1.54) is 11.1 Å². The second-order valence-corrected chi connectivity index (χ2v) is 4.38. The number of aliphatic imine (C=N–C) groups is 1. The highest BCUT2D eigenvalue weighted by atomic mass is 14.8. The van der Waals surface area contributed by atoms with Gasteiger partial charge in [0.1, 0.15) is 0 Å². The van der Waals surface area contributed by atoms with Crippen LogP contribution in [0.25, 0.3) is 0 Å². The Balaban J connectivity index is 1.94. The van der Waals surface area contributed by atoms with E-state index >= 15 is 0 Å². The van der Waals surface area contributed by atoms with Crippen molar-refractivity contribution in [3.63, 3.8) is 0 Å². The van der Waals surface area contributed by atoms with Crippen LogP contribution in [0.1, 0.15) is 11.1 Å². The van der Waals surface area contributed by atoms with Crippen molar-refractivity contribution in [2.24, 2.45) is 4.99 Å². The lowest BCUT2D eigenvalue weighted by Gasteiger charge is -2.03. The SMILES string of the molecule is Cc1ccccc1N=CC=CNc1ccccc1C. The maximum absolute atomic E-state index is 4.41. The molecule has 0 fully saturated rings. The highest BCUT2D eigenvalue weighted by Gasteiger charge is 1.92. The third kappa shape index (κ3) is 3.81. The molecule has 0 spiro atoms. The predicted octanol–water partition coefficient (Wildman–Crippen LogP) is 4.63. The van der Waals surface area contributed by atoms with Crippen molar-refractivity contribution < 1.29 is 0 Å². The summed E-state index contributed by atoms with van der Waals surface area (Å²) in [5.41, 5.74) is 4.52. The van der Waals surface area contributed by atoms with E-state index in [1.807, 2.05) is 42.6 Å². The number of nitrogens with zero attached hydrogens (tertiary/aromatic N) is 1. The first kappa shape index (κ1) is 13.1. The molecule has 19 heavy (non-hydrogen) atoms. The first-order valence-electron chi connectivity index (χ1n) is 6.34. The average molecular weight is 250 g/mol. The Kier molecular flexibility index (Phi) is 4.51. The maximum atomic E-state index is 4.41. The van der Waals surface area contributed by atoms with E-state index < -0.39 is 0 Å². The van der Waals surface area contributed by atoms with Gasteiger partial charge in [-0.2, -0.15) is 0 Å². The minimum atomic E-state index is 1.00. The molecule has 2 heteroatoms. The number of rotatable bonds is 4. The maximum Gasteiger partial charge on any atom is 0.0658 e. The fraction of sp³-hybridized carbons (Fsp3) is 0.118. The molecule has 0 saturated carbocycles. The first-order valence-corrected chi connectivity index (χ1v) is 6.34. The lowest BCUT2D eigenvalue weighted by atomic mass is 10.2. The molecule has 0 aliphatic heterocycles. The van der Waals surface area contributed by atoms with Gasteiger partial charge in [-0.3, -0.25) is 4.99 Å². The standard InChI is InChI=1S/C17H18N2/c1-14-8-3-5-10-16(14)18-12-7-13-19-17-11-6-4-9-15(17)2/h3-13,18H,1-2H3. The van der Waals surface area contributed by atoms with Gasteiger partial charge >= 0.3 is 0 Å². The predicted molar refractivity (Wildman–Crippen MR) is 83.3 cm³/mol. The summed E-state index contributed by atoms with van der Waals surface area (Å²) in [6.45, 7) is 4.14. The minimum absolute atomic E-state index is 1.00. The molecule has 96 valence electrons. The van der Waals surface area contributed by atoms with Gasteiger partial charge in [-0.25, -0.2) is 0 Å². The zero-order chi connectivity index (χ0) is 13.5. The number of anilines is 1. The second-order valence-electron chi connectivity index (χ2n) is 4.38. The van der Waals surface area contributed by atoms with Crippen LogP contribution in [0.2, 0.25) is 0 Å². The number of allylic oxidation sites excluding steroid dienone is 1. The summed E-state index contributed by atoms with van der Waals surface area (Å²) < 4.78 is 0. The van der Waals surface area contributed by atoms with Gasteiger partial charge in [0.05, 0.1) is 5.69 Å². The van der Waals surface area contributed by atoms with Crippen molar-refractivity contribution in [2.45, 2.75) is 13.8 Å². The topological polar surface area (TPSA) is 24.4 Å². The Morgan fingerprint density at radius 3 is 2.32 bits per heavy atom. The van der Waals surface area contributed by atoms with Gasteiger partial charge in [0, 0.05) is 18.1 Å². The number of hydrogen-bond donors (Lipinski definition) is 1. The van der Waals surface area contributed by atoms with Gasteiger partial charge in [0.2, 0.25) is 0 Å². The van der Waals surface area contributed by atoms with Gasteiger partial charge in [-0.05, 0) is 43.2 Å². The van der Waals surface area contributed by atoms with Crippen LogP contribution in [0, 0.1) is 13.8 Å². The molecule has 0 amide bonds. The van der Waals surface area contributed by atoms with Gasteiger partial charge in [0.15, 0.2) is 0 Å². The lowest BCUT2D eigenvalue weighted by Crippen LogP contribution is -1.89. The Morgan fingerprint density at radius 2 is 1.58 bits per heavy atom. The molecular weight excluding hydrogens is 232 g/mol. The van der Waals surface area contributed by atoms with Crippen LogP contribution in [0.5, 0.6) is 0 Å². The zero-order valence-electron chi connectivity index (χ0n) is 11.3. The number of benzene rings is 2. The summed E-state index contributed by atoms with van der Waals surface area (Å²) in [6, 6.07) is 16.3. The zero-order valence-corrected chi connectivity index (χ0v) is 11.3. The van der Waals surface area contributed by atoms with Crippen LogP contribution in [-0.2, 0) is 0 Å². The van der Waals surface area contributed by atoms with Gasteiger partial charge in [0.25, 0.3) is 0 Å². The van der Waals surface area contributed by atoms with E-state index in [9.17, 15) is 0 Å². The Hall–Kier alpha value is -2.35. The first-order chi connectivity index (χ1) is 9.27. The number of para-hydroxylation sites is 2. The van der Waals surface area contributed by atoms with Crippen molar-refractivity contribution in [1.82, 2.24) is 0 Å². The average Bonchev–Trinajstić information content (AvgIpc) is 2.42. The Morgan fingerprint density at radius 1 is 0.895 bits per heavy atom. The molecule has 1 N–H and O–H groups in total. The largest absolute Gasteiger partial charge is 0.361 e. The van der Waals surface area contributed by atoms with Crippen LogP contribution in [-0.4, -0.2) is 6.21 Å². The van der Waals surface area contributed by atoms with E-state index in [2.05, 4.69) is 42.4 Å². The summed E-state index contributed by atoms with van der Waals surface area (Å²) in [7, 11) is 0. The van der Waals surface area contributed by atoms with Gasteiger partial charge in [-0.15, -0.1) is 0 Å². The quantitative estimate of drug-likeness (QED) is 0.786. The molecule has 0 radical (unpaired) electrons. The highest BCUT2D eigenvalue weighted by Crippen LogP contribution is 2.16. The fourth-order valence-corrected chi connectivity index (χ4v) is 1.75. The highest BCUT2D eigenvalue weighted by molar-refractivity contribution is 5.75. The third-order valence-corrected chi connectivity index (χ3v) is 2.90. The van der Waals surface area contributed by atoms with E-state index in [0.717, 1.165) is 11.4 Å². The number of nitrogens with one attached hydrogen (secondary N) is 1. The van der Waals surface area contributed by atoms with Crippen molar-refractivity contribution in [3.05, 3.63) is 71.9 Å². The molecule has 0 heterocycles. The summed E-state index contributed by atoms with van der Waals surface area (Å²) in [4.78, 5) is 4.41. The summed E-state index contributed by atoms with van der Waals surface area (Å²) in [5.74, 6) is 0. The number of aryl methyl sites for hydroxylation is 2. The summed E-state index contributed by atoms with van der Waals surface area (Å²) in [6.07, 6.45) is 5.59. The summed E-state index contributed by atoms with van der Waals surface area (Å²) >= 11 is 0. The molecule has 0 aliphatic carbocycles.